The summed E-state index contributed by atoms with van der Waals surface area (Å²) in [7, 11) is 0. The van der Waals surface area contributed by atoms with E-state index >= 15 is 0 Å². The molecule has 0 aliphatic heterocycles. The normalized spacial score (nSPS) is 7.89. The fourth-order valence-electron chi connectivity index (χ4n) is 1.26. The first kappa shape index (κ1) is 16.6. The molecule has 0 aliphatic rings. The number of aromatic nitrogens is 1. The molecule has 0 N–H and O–H groups in total. The molecule has 2 rings (SSSR count). The summed E-state index contributed by atoms with van der Waals surface area (Å²) >= 11 is 0. The van der Waals surface area contributed by atoms with Gasteiger partial charge < -0.3 is 0 Å². The van der Waals surface area contributed by atoms with Gasteiger partial charge in [0.2, 0.25) is 0 Å². The molecule has 1 aromatic heterocycles. The van der Waals surface area contributed by atoms with Crippen LogP contribution in [0.25, 0.3) is 11.1 Å². The number of hydrogen-bond donors (Lipinski definition) is 0. The second kappa shape index (κ2) is 10.7. The SMILES string of the molecule is C=CC.CC.N#Cc1ccc(-c2ccccc2)cn1. The van der Waals surface area contributed by atoms with Crippen molar-refractivity contribution in [1.82, 2.24) is 4.98 Å². The van der Waals surface area contributed by atoms with Crippen LogP contribution in [0.4, 0.5) is 0 Å². The molecule has 0 radical (unpaired) electrons. The Labute approximate surface area is 116 Å². The molecule has 0 bridgehead atoms. The lowest BCUT2D eigenvalue weighted by atomic mass is 10.1. The minimum Gasteiger partial charge on any atom is -0.245 e. The maximum Gasteiger partial charge on any atom is 0.140 e. The van der Waals surface area contributed by atoms with Gasteiger partial charge in [-0.1, -0.05) is 50.3 Å². The van der Waals surface area contributed by atoms with Crippen LogP contribution in [0.2, 0.25) is 0 Å². The molecule has 0 amide bonds. The lowest BCUT2D eigenvalue weighted by Gasteiger charge is -1.99. The predicted molar refractivity (Wildman–Crippen MR) is 81.6 cm³/mol. The summed E-state index contributed by atoms with van der Waals surface area (Å²) in [6, 6.07) is 15.6. The molecule has 0 aliphatic carbocycles. The van der Waals surface area contributed by atoms with Crippen LogP contribution in [0.1, 0.15) is 26.5 Å². The molecule has 0 saturated heterocycles. The topological polar surface area (TPSA) is 36.7 Å². The van der Waals surface area contributed by atoms with E-state index in [2.05, 4.69) is 11.6 Å². The Morgan fingerprint density at radius 1 is 1.05 bits per heavy atom. The summed E-state index contributed by atoms with van der Waals surface area (Å²) in [6.07, 6.45) is 3.47. The smallest absolute Gasteiger partial charge is 0.140 e. The minimum absolute atomic E-state index is 0.449. The van der Waals surface area contributed by atoms with E-state index in [1.165, 1.54) is 0 Å². The Morgan fingerprint density at radius 3 is 2.05 bits per heavy atom. The molecule has 0 atom stereocenters. The predicted octanol–water partition coefficient (Wildman–Crippen LogP) is 4.84. The Balaban J connectivity index is 0.000000573. The van der Waals surface area contributed by atoms with Crippen LogP contribution >= 0.6 is 0 Å². The van der Waals surface area contributed by atoms with Crippen molar-refractivity contribution in [2.75, 3.05) is 0 Å². The molecule has 98 valence electrons. The maximum absolute atomic E-state index is 8.59. The summed E-state index contributed by atoms with van der Waals surface area (Å²) in [5.74, 6) is 0. The van der Waals surface area contributed by atoms with Crippen LogP contribution < -0.4 is 0 Å². The molecule has 2 nitrogen and oxygen atoms in total. The van der Waals surface area contributed by atoms with Gasteiger partial charge in [-0.15, -0.1) is 6.58 Å². The fraction of sp³-hybridized carbons (Fsp3) is 0.176. The van der Waals surface area contributed by atoms with Gasteiger partial charge in [-0.05, 0) is 24.6 Å². The van der Waals surface area contributed by atoms with Gasteiger partial charge in [0.1, 0.15) is 11.8 Å². The second-order valence-corrected chi connectivity index (χ2v) is 3.32. The van der Waals surface area contributed by atoms with E-state index in [0.717, 1.165) is 11.1 Å². The molecule has 0 unspecified atom stereocenters. The van der Waals surface area contributed by atoms with E-state index in [1.807, 2.05) is 63.2 Å². The van der Waals surface area contributed by atoms with Crippen molar-refractivity contribution < 1.29 is 0 Å². The monoisotopic (exact) mass is 252 g/mol. The van der Waals surface area contributed by atoms with Gasteiger partial charge in [0, 0.05) is 11.8 Å². The zero-order chi connectivity index (χ0) is 14.5. The van der Waals surface area contributed by atoms with E-state index in [9.17, 15) is 0 Å². The summed E-state index contributed by atoms with van der Waals surface area (Å²) < 4.78 is 0. The van der Waals surface area contributed by atoms with Gasteiger partial charge in [0.25, 0.3) is 0 Å². The summed E-state index contributed by atoms with van der Waals surface area (Å²) in [5, 5.41) is 8.59. The van der Waals surface area contributed by atoms with Crippen LogP contribution in [0, 0.1) is 11.3 Å². The van der Waals surface area contributed by atoms with Crippen molar-refractivity contribution in [2.24, 2.45) is 0 Å². The van der Waals surface area contributed by atoms with Crippen molar-refractivity contribution in [1.29, 1.82) is 5.26 Å². The number of nitrogens with zero attached hydrogens (tertiary/aromatic N) is 2. The zero-order valence-electron chi connectivity index (χ0n) is 11.8. The molecule has 0 fully saturated rings. The summed E-state index contributed by atoms with van der Waals surface area (Å²) in [4.78, 5) is 4.01. The maximum atomic E-state index is 8.59. The standard InChI is InChI=1S/C12H8N2.C3H6.C2H6/c13-8-12-7-6-11(9-14-12)10-4-2-1-3-5-10;1-3-2;1-2/h1-7,9H;3H,1H2,2H3;1-2H3. The number of nitriles is 1. The number of hydrogen-bond acceptors (Lipinski definition) is 2. The fourth-order valence-corrected chi connectivity index (χ4v) is 1.26. The van der Waals surface area contributed by atoms with Crippen LogP contribution in [0.3, 0.4) is 0 Å². The van der Waals surface area contributed by atoms with Gasteiger partial charge in [-0.3, -0.25) is 0 Å². The molecule has 2 heteroatoms. The van der Waals surface area contributed by atoms with Gasteiger partial charge in [0.05, 0.1) is 0 Å². The average molecular weight is 252 g/mol. The zero-order valence-corrected chi connectivity index (χ0v) is 11.8. The Morgan fingerprint density at radius 2 is 1.63 bits per heavy atom. The molecule has 1 aromatic carbocycles. The third-order valence-corrected chi connectivity index (χ3v) is 1.99. The molecule has 19 heavy (non-hydrogen) atoms. The van der Waals surface area contributed by atoms with Crippen LogP contribution in [0.5, 0.6) is 0 Å². The third-order valence-electron chi connectivity index (χ3n) is 1.99. The highest BCUT2D eigenvalue weighted by Crippen LogP contribution is 2.17. The number of allylic oxidation sites excluding steroid dienone is 1. The van der Waals surface area contributed by atoms with Crippen molar-refractivity contribution in [3.05, 3.63) is 67.0 Å². The number of benzene rings is 1. The van der Waals surface area contributed by atoms with Crippen molar-refractivity contribution in [2.45, 2.75) is 20.8 Å². The molecular weight excluding hydrogens is 232 g/mol. The van der Waals surface area contributed by atoms with Gasteiger partial charge in [0.15, 0.2) is 0 Å². The highest BCUT2D eigenvalue weighted by molar-refractivity contribution is 5.62. The van der Waals surface area contributed by atoms with Gasteiger partial charge >= 0.3 is 0 Å². The minimum atomic E-state index is 0.449. The van der Waals surface area contributed by atoms with E-state index < -0.39 is 0 Å². The summed E-state index contributed by atoms with van der Waals surface area (Å²) in [6.45, 7) is 9.25. The number of pyridine rings is 1. The highest BCUT2D eigenvalue weighted by atomic mass is 14.7. The van der Waals surface area contributed by atoms with Crippen LogP contribution in [-0.4, -0.2) is 4.98 Å². The van der Waals surface area contributed by atoms with Crippen molar-refractivity contribution >= 4 is 0 Å². The molecule has 0 spiro atoms. The van der Waals surface area contributed by atoms with E-state index in [0.29, 0.717) is 5.69 Å². The first-order valence-corrected chi connectivity index (χ1v) is 6.30. The van der Waals surface area contributed by atoms with E-state index in [4.69, 9.17) is 5.26 Å². The lowest BCUT2D eigenvalue weighted by molar-refractivity contribution is 1.26. The summed E-state index contributed by atoms with van der Waals surface area (Å²) in [5.41, 5.74) is 2.60. The molecule has 2 aromatic rings. The van der Waals surface area contributed by atoms with Crippen LogP contribution in [0.15, 0.2) is 61.3 Å². The third kappa shape index (κ3) is 6.18. The van der Waals surface area contributed by atoms with Gasteiger partial charge in [-0.25, -0.2) is 4.98 Å². The average Bonchev–Trinajstić information content (AvgIpc) is 2.51. The first-order valence-electron chi connectivity index (χ1n) is 6.30. The van der Waals surface area contributed by atoms with E-state index in [1.54, 1.807) is 18.3 Å². The van der Waals surface area contributed by atoms with Gasteiger partial charge in [-0.2, -0.15) is 5.26 Å². The highest BCUT2D eigenvalue weighted by Gasteiger charge is 1.96. The second-order valence-electron chi connectivity index (χ2n) is 3.32. The quantitative estimate of drug-likeness (QED) is 0.681. The molecular formula is C17H20N2. The van der Waals surface area contributed by atoms with Crippen molar-refractivity contribution in [3.63, 3.8) is 0 Å². The molecule has 1 heterocycles. The first-order chi connectivity index (χ1) is 9.31. The molecule has 0 saturated carbocycles. The Bertz CT molecular complexity index is 493. The van der Waals surface area contributed by atoms with Crippen LogP contribution in [-0.2, 0) is 0 Å². The Kier molecular flexibility index (Phi) is 9.38. The van der Waals surface area contributed by atoms with Crippen molar-refractivity contribution in [3.8, 4) is 17.2 Å². The van der Waals surface area contributed by atoms with E-state index in [-0.39, 0.29) is 0 Å². The number of rotatable bonds is 1. The largest absolute Gasteiger partial charge is 0.245 e. The Hall–Kier alpha value is -2.40. The lowest BCUT2D eigenvalue weighted by Crippen LogP contribution is -1.83.